The van der Waals surface area contributed by atoms with E-state index in [1.54, 1.807) is 24.3 Å². The molecule has 0 bridgehead atoms. The summed E-state index contributed by atoms with van der Waals surface area (Å²) in [5.41, 5.74) is -0.711. The van der Waals surface area contributed by atoms with E-state index in [2.05, 4.69) is 10.3 Å². The Hall–Kier alpha value is -2.81. The molecule has 0 aliphatic heterocycles. The number of thioether (sulfide) groups is 1. The second-order valence-electron chi connectivity index (χ2n) is 7.43. The molecule has 2 aromatic carbocycles. The number of carbonyl (C=O) groups excluding carboxylic acids is 1. The standard InChI is InChI=1S/C23H24F3N3O2S/c1-3-15(2)27-20(30)12-7-13-32-22-28-19-11-5-4-10-18(19)21(31)29(22)17-9-6-8-16(14-17)23(24,25)26/h4-6,8-11,14-15H,3,7,12-13H2,1-2H3,(H,27,30). The first-order valence-corrected chi connectivity index (χ1v) is 11.3. The van der Waals surface area contributed by atoms with Crippen molar-refractivity contribution in [2.45, 2.75) is 50.5 Å². The van der Waals surface area contributed by atoms with Crippen molar-refractivity contribution in [2.24, 2.45) is 0 Å². The minimum Gasteiger partial charge on any atom is -0.354 e. The van der Waals surface area contributed by atoms with Gasteiger partial charge in [0.25, 0.3) is 5.56 Å². The van der Waals surface area contributed by atoms with Crippen LogP contribution in [0.5, 0.6) is 0 Å². The topological polar surface area (TPSA) is 64.0 Å². The summed E-state index contributed by atoms with van der Waals surface area (Å²) in [6, 6.07) is 11.5. The molecule has 0 radical (unpaired) electrons. The van der Waals surface area contributed by atoms with Crippen molar-refractivity contribution in [3.8, 4) is 5.69 Å². The first kappa shape index (κ1) is 23.8. The largest absolute Gasteiger partial charge is 0.416 e. The van der Waals surface area contributed by atoms with Gasteiger partial charge in [0, 0.05) is 18.2 Å². The summed E-state index contributed by atoms with van der Waals surface area (Å²) in [5, 5.41) is 3.50. The van der Waals surface area contributed by atoms with Gasteiger partial charge in [-0.2, -0.15) is 13.2 Å². The average Bonchev–Trinajstić information content (AvgIpc) is 2.76. The third-order valence-corrected chi connectivity index (χ3v) is 6.00. The van der Waals surface area contributed by atoms with Crippen LogP contribution in [0.3, 0.4) is 0 Å². The van der Waals surface area contributed by atoms with Crippen molar-refractivity contribution < 1.29 is 18.0 Å². The van der Waals surface area contributed by atoms with E-state index in [0.29, 0.717) is 29.5 Å². The number of hydrogen-bond donors (Lipinski definition) is 1. The van der Waals surface area contributed by atoms with Crippen LogP contribution in [0.15, 0.2) is 58.5 Å². The number of aromatic nitrogens is 2. The molecule has 0 spiro atoms. The summed E-state index contributed by atoms with van der Waals surface area (Å²) >= 11 is 1.24. The molecule has 3 aromatic rings. The second kappa shape index (κ2) is 10.2. The summed E-state index contributed by atoms with van der Waals surface area (Å²) in [4.78, 5) is 29.7. The number of carbonyl (C=O) groups is 1. The number of nitrogens with one attached hydrogen (secondary N) is 1. The maximum absolute atomic E-state index is 13.2. The monoisotopic (exact) mass is 463 g/mol. The lowest BCUT2D eigenvalue weighted by Crippen LogP contribution is -2.31. The van der Waals surface area contributed by atoms with Crippen LogP contribution >= 0.6 is 11.8 Å². The Morgan fingerprint density at radius 2 is 1.94 bits per heavy atom. The van der Waals surface area contributed by atoms with Gasteiger partial charge in [0.15, 0.2) is 5.16 Å². The highest BCUT2D eigenvalue weighted by molar-refractivity contribution is 7.99. The van der Waals surface area contributed by atoms with Gasteiger partial charge < -0.3 is 5.32 Å². The highest BCUT2D eigenvalue weighted by Gasteiger charge is 2.31. The van der Waals surface area contributed by atoms with Crippen LogP contribution in [-0.4, -0.2) is 27.3 Å². The zero-order chi connectivity index (χ0) is 23.3. The molecule has 0 saturated heterocycles. The van der Waals surface area contributed by atoms with Crippen molar-refractivity contribution in [2.75, 3.05) is 5.75 Å². The molecule has 0 fully saturated rings. The lowest BCUT2D eigenvalue weighted by molar-refractivity contribution is -0.137. The summed E-state index contributed by atoms with van der Waals surface area (Å²) in [6.45, 7) is 3.92. The molecule has 5 nitrogen and oxygen atoms in total. The molecular formula is C23H24F3N3O2S. The summed E-state index contributed by atoms with van der Waals surface area (Å²) in [5.74, 6) is 0.430. The summed E-state index contributed by atoms with van der Waals surface area (Å²) in [7, 11) is 0. The predicted octanol–water partition coefficient (Wildman–Crippen LogP) is 5.19. The van der Waals surface area contributed by atoms with E-state index in [-0.39, 0.29) is 22.8 Å². The number of alkyl halides is 3. The first-order valence-electron chi connectivity index (χ1n) is 10.3. The van der Waals surface area contributed by atoms with Gasteiger partial charge in [0.1, 0.15) is 0 Å². The maximum atomic E-state index is 13.2. The molecule has 1 atom stereocenters. The van der Waals surface area contributed by atoms with Gasteiger partial charge in [0.05, 0.1) is 22.2 Å². The number of nitrogens with zero attached hydrogens (tertiary/aromatic N) is 2. The number of fused-ring (bicyclic) bond motifs is 1. The van der Waals surface area contributed by atoms with E-state index >= 15 is 0 Å². The van der Waals surface area contributed by atoms with Crippen molar-refractivity contribution in [1.82, 2.24) is 14.9 Å². The van der Waals surface area contributed by atoms with Crippen LogP contribution < -0.4 is 10.9 Å². The van der Waals surface area contributed by atoms with Crippen LogP contribution in [0.4, 0.5) is 13.2 Å². The quantitative estimate of drug-likeness (QED) is 0.284. The number of rotatable bonds is 8. The Morgan fingerprint density at radius 3 is 2.66 bits per heavy atom. The van der Waals surface area contributed by atoms with E-state index in [1.807, 2.05) is 13.8 Å². The molecule has 1 unspecified atom stereocenters. The molecule has 170 valence electrons. The maximum Gasteiger partial charge on any atom is 0.416 e. The van der Waals surface area contributed by atoms with Gasteiger partial charge in [-0.3, -0.25) is 14.2 Å². The van der Waals surface area contributed by atoms with Gasteiger partial charge in [0.2, 0.25) is 5.91 Å². The zero-order valence-corrected chi connectivity index (χ0v) is 18.6. The van der Waals surface area contributed by atoms with E-state index in [9.17, 15) is 22.8 Å². The SMILES string of the molecule is CCC(C)NC(=O)CCCSc1nc2ccccc2c(=O)n1-c1cccc(C(F)(F)F)c1. The van der Waals surface area contributed by atoms with Crippen molar-refractivity contribution in [3.63, 3.8) is 0 Å². The van der Waals surface area contributed by atoms with Crippen LogP contribution in [0.2, 0.25) is 0 Å². The molecular weight excluding hydrogens is 439 g/mol. The molecule has 1 N–H and O–H groups in total. The molecule has 9 heteroatoms. The normalized spacial score (nSPS) is 12.7. The Kier molecular flexibility index (Phi) is 7.60. The minimum atomic E-state index is -4.53. The number of para-hydroxylation sites is 1. The molecule has 1 aromatic heterocycles. The Balaban J connectivity index is 1.91. The van der Waals surface area contributed by atoms with Crippen molar-refractivity contribution >= 4 is 28.6 Å². The molecule has 1 amide bonds. The van der Waals surface area contributed by atoms with Crippen LogP contribution in [0.25, 0.3) is 16.6 Å². The second-order valence-corrected chi connectivity index (χ2v) is 8.49. The van der Waals surface area contributed by atoms with E-state index in [0.717, 1.165) is 18.6 Å². The van der Waals surface area contributed by atoms with Gasteiger partial charge in [-0.05, 0) is 50.1 Å². The lowest BCUT2D eigenvalue weighted by Gasteiger charge is -2.15. The molecule has 0 aliphatic carbocycles. The number of amides is 1. The Bertz CT molecular complexity index is 1160. The highest BCUT2D eigenvalue weighted by atomic mass is 32.2. The molecule has 32 heavy (non-hydrogen) atoms. The minimum absolute atomic E-state index is 0.0540. The van der Waals surface area contributed by atoms with Gasteiger partial charge in [-0.15, -0.1) is 0 Å². The highest BCUT2D eigenvalue weighted by Crippen LogP contribution is 2.31. The number of halogens is 3. The van der Waals surface area contributed by atoms with Gasteiger partial charge >= 0.3 is 6.18 Å². The Morgan fingerprint density at radius 1 is 1.19 bits per heavy atom. The molecule has 1 heterocycles. The molecule has 3 rings (SSSR count). The van der Waals surface area contributed by atoms with E-state index < -0.39 is 17.3 Å². The van der Waals surface area contributed by atoms with Crippen LogP contribution in [0.1, 0.15) is 38.7 Å². The van der Waals surface area contributed by atoms with E-state index in [4.69, 9.17) is 0 Å². The fraction of sp³-hybridized carbons (Fsp3) is 0.348. The fourth-order valence-electron chi connectivity index (χ4n) is 3.10. The third-order valence-electron chi connectivity index (χ3n) is 4.98. The Labute approximate surface area is 188 Å². The fourth-order valence-corrected chi connectivity index (χ4v) is 4.05. The van der Waals surface area contributed by atoms with E-state index in [1.165, 1.54) is 28.5 Å². The summed E-state index contributed by atoms with van der Waals surface area (Å²) < 4.78 is 40.9. The molecule has 0 saturated carbocycles. The smallest absolute Gasteiger partial charge is 0.354 e. The number of hydrogen-bond acceptors (Lipinski definition) is 4. The average molecular weight is 464 g/mol. The summed E-state index contributed by atoms with van der Waals surface area (Å²) in [6.07, 6.45) is -2.83. The molecule has 0 aliphatic rings. The van der Waals surface area contributed by atoms with Gasteiger partial charge in [-0.25, -0.2) is 4.98 Å². The van der Waals surface area contributed by atoms with Crippen molar-refractivity contribution in [3.05, 3.63) is 64.4 Å². The third kappa shape index (κ3) is 5.70. The zero-order valence-electron chi connectivity index (χ0n) is 17.8. The van der Waals surface area contributed by atoms with Crippen LogP contribution in [-0.2, 0) is 11.0 Å². The number of benzene rings is 2. The van der Waals surface area contributed by atoms with Gasteiger partial charge in [-0.1, -0.05) is 36.9 Å². The first-order chi connectivity index (χ1) is 15.2. The van der Waals surface area contributed by atoms with Crippen molar-refractivity contribution in [1.29, 1.82) is 0 Å². The predicted molar refractivity (Wildman–Crippen MR) is 120 cm³/mol. The lowest BCUT2D eigenvalue weighted by atomic mass is 10.2. The van der Waals surface area contributed by atoms with Crippen LogP contribution in [0, 0.1) is 0 Å².